The topological polar surface area (TPSA) is 34.1 Å². The van der Waals surface area contributed by atoms with Crippen LogP contribution in [0.4, 0.5) is 0 Å². The van der Waals surface area contributed by atoms with E-state index in [0.29, 0.717) is 11.1 Å². The van der Waals surface area contributed by atoms with Crippen molar-refractivity contribution < 1.29 is 9.59 Å². The van der Waals surface area contributed by atoms with Crippen LogP contribution < -0.4 is 0 Å². The number of ketones is 2. The standard InChI is InChI=1S/C11H14O2/c1-3-4-5-6-9-8(2)10(12)7-11(9)13/h5-6H,3-4,7H2,1-2H3/b6-5-. The summed E-state index contributed by atoms with van der Waals surface area (Å²) in [6.45, 7) is 3.80. The van der Waals surface area contributed by atoms with Crippen LogP contribution in [0.1, 0.15) is 33.1 Å². The van der Waals surface area contributed by atoms with E-state index >= 15 is 0 Å². The van der Waals surface area contributed by atoms with E-state index in [1.807, 2.05) is 6.08 Å². The highest BCUT2D eigenvalue weighted by atomic mass is 16.2. The maximum atomic E-state index is 11.3. The molecule has 0 bridgehead atoms. The summed E-state index contributed by atoms with van der Waals surface area (Å²) in [4.78, 5) is 22.4. The second-order valence-electron chi connectivity index (χ2n) is 3.25. The van der Waals surface area contributed by atoms with Crippen LogP contribution in [0.15, 0.2) is 23.3 Å². The fraction of sp³-hybridized carbons (Fsp3) is 0.455. The quantitative estimate of drug-likeness (QED) is 0.621. The van der Waals surface area contributed by atoms with Gasteiger partial charge in [0.1, 0.15) is 0 Å². The summed E-state index contributed by atoms with van der Waals surface area (Å²) in [5, 5.41) is 0. The molecular weight excluding hydrogens is 164 g/mol. The van der Waals surface area contributed by atoms with E-state index in [2.05, 4.69) is 6.92 Å². The Kier molecular flexibility index (Phi) is 3.18. The maximum Gasteiger partial charge on any atom is 0.170 e. The van der Waals surface area contributed by atoms with Crippen LogP contribution in [0.25, 0.3) is 0 Å². The molecule has 0 spiro atoms. The Hall–Kier alpha value is -1.18. The second kappa shape index (κ2) is 4.17. The van der Waals surface area contributed by atoms with Crippen LogP contribution in [0.2, 0.25) is 0 Å². The van der Waals surface area contributed by atoms with Crippen LogP contribution >= 0.6 is 0 Å². The molecule has 2 nitrogen and oxygen atoms in total. The fourth-order valence-corrected chi connectivity index (χ4v) is 1.32. The Bertz CT molecular complexity index is 295. The summed E-state index contributed by atoms with van der Waals surface area (Å²) < 4.78 is 0. The van der Waals surface area contributed by atoms with Gasteiger partial charge in [-0.1, -0.05) is 25.5 Å². The van der Waals surface area contributed by atoms with Gasteiger partial charge in [0.2, 0.25) is 0 Å². The van der Waals surface area contributed by atoms with Gasteiger partial charge in [-0.25, -0.2) is 0 Å². The molecular formula is C11H14O2. The molecule has 0 fully saturated rings. The first-order valence-corrected chi connectivity index (χ1v) is 4.60. The molecule has 0 aromatic rings. The van der Waals surface area contributed by atoms with Crippen molar-refractivity contribution in [1.82, 2.24) is 0 Å². The lowest BCUT2D eigenvalue weighted by molar-refractivity contribution is -0.120. The smallest absolute Gasteiger partial charge is 0.170 e. The van der Waals surface area contributed by atoms with E-state index in [9.17, 15) is 9.59 Å². The van der Waals surface area contributed by atoms with Crippen LogP contribution in [0.3, 0.4) is 0 Å². The van der Waals surface area contributed by atoms with Crippen molar-refractivity contribution in [3.8, 4) is 0 Å². The third-order valence-electron chi connectivity index (χ3n) is 2.18. The zero-order chi connectivity index (χ0) is 9.84. The van der Waals surface area contributed by atoms with Gasteiger partial charge in [0.05, 0.1) is 6.42 Å². The van der Waals surface area contributed by atoms with Crippen LogP contribution in [-0.4, -0.2) is 11.6 Å². The molecule has 0 heterocycles. The van der Waals surface area contributed by atoms with Gasteiger partial charge < -0.3 is 0 Å². The monoisotopic (exact) mass is 178 g/mol. The van der Waals surface area contributed by atoms with Crippen molar-refractivity contribution in [2.24, 2.45) is 0 Å². The Morgan fingerprint density at radius 3 is 2.46 bits per heavy atom. The van der Waals surface area contributed by atoms with Crippen molar-refractivity contribution in [2.75, 3.05) is 0 Å². The Morgan fingerprint density at radius 2 is 2.00 bits per heavy atom. The summed E-state index contributed by atoms with van der Waals surface area (Å²) in [5.74, 6) is -0.0593. The van der Waals surface area contributed by atoms with E-state index in [-0.39, 0.29) is 18.0 Å². The highest BCUT2D eigenvalue weighted by molar-refractivity contribution is 6.23. The normalized spacial score (nSPS) is 18.0. The summed E-state index contributed by atoms with van der Waals surface area (Å²) in [7, 11) is 0. The fourth-order valence-electron chi connectivity index (χ4n) is 1.32. The lowest BCUT2D eigenvalue weighted by Gasteiger charge is -1.91. The van der Waals surface area contributed by atoms with Gasteiger partial charge in [0.25, 0.3) is 0 Å². The minimum Gasteiger partial charge on any atom is -0.294 e. The highest BCUT2D eigenvalue weighted by Crippen LogP contribution is 2.20. The maximum absolute atomic E-state index is 11.3. The van der Waals surface area contributed by atoms with Gasteiger partial charge in [-0.2, -0.15) is 0 Å². The molecule has 1 aliphatic carbocycles. The highest BCUT2D eigenvalue weighted by Gasteiger charge is 2.25. The Labute approximate surface area is 78.3 Å². The van der Waals surface area contributed by atoms with E-state index in [1.54, 1.807) is 13.0 Å². The molecule has 0 saturated heterocycles. The van der Waals surface area contributed by atoms with Gasteiger partial charge in [-0.3, -0.25) is 9.59 Å². The molecule has 0 amide bonds. The summed E-state index contributed by atoms with van der Waals surface area (Å²) in [5.41, 5.74) is 1.23. The van der Waals surface area contributed by atoms with Gasteiger partial charge in [0.15, 0.2) is 11.6 Å². The molecule has 0 atom stereocenters. The third kappa shape index (κ3) is 2.14. The largest absolute Gasteiger partial charge is 0.294 e. The van der Waals surface area contributed by atoms with E-state index in [1.165, 1.54) is 0 Å². The summed E-state index contributed by atoms with van der Waals surface area (Å²) in [6, 6.07) is 0. The SMILES string of the molecule is CCC/C=C\C1=C(C)C(=O)CC1=O. The molecule has 1 rings (SSSR count). The average molecular weight is 178 g/mol. The second-order valence-corrected chi connectivity index (χ2v) is 3.25. The predicted molar refractivity (Wildman–Crippen MR) is 51.4 cm³/mol. The minimum absolute atomic E-state index is 0.0267. The summed E-state index contributed by atoms with van der Waals surface area (Å²) >= 11 is 0. The van der Waals surface area contributed by atoms with Crippen molar-refractivity contribution >= 4 is 11.6 Å². The number of rotatable bonds is 3. The molecule has 1 aliphatic rings. The predicted octanol–water partition coefficient (Wildman–Crippen LogP) is 2.20. The minimum atomic E-state index is -0.0325. The number of Topliss-reactive ketones (excluding diaryl/α,β-unsaturated/α-hetero) is 2. The van der Waals surface area contributed by atoms with Gasteiger partial charge in [-0.15, -0.1) is 0 Å². The van der Waals surface area contributed by atoms with Crippen LogP contribution in [0, 0.1) is 0 Å². The first-order chi connectivity index (χ1) is 6.16. The number of carbonyl (C=O) groups is 2. The molecule has 0 aromatic carbocycles. The molecule has 13 heavy (non-hydrogen) atoms. The number of hydrogen-bond donors (Lipinski definition) is 0. The number of carbonyl (C=O) groups excluding carboxylic acids is 2. The van der Waals surface area contributed by atoms with Gasteiger partial charge in [-0.05, 0) is 13.3 Å². The lowest BCUT2D eigenvalue weighted by Crippen LogP contribution is -1.95. The van der Waals surface area contributed by atoms with Crippen molar-refractivity contribution in [3.05, 3.63) is 23.3 Å². The van der Waals surface area contributed by atoms with Crippen LogP contribution in [0.5, 0.6) is 0 Å². The summed E-state index contributed by atoms with van der Waals surface area (Å²) in [6.07, 6.45) is 5.82. The van der Waals surface area contributed by atoms with Crippen molar-refractivity contribution in [3.63, 3.8) is 0 Å². The first kappa shape index (κ1) is 9.90. The first-order valence-electron chi connectivity index (χ1n) is 4.60. The molecule has 0 saturated carbocycles. The zero-order valence-electron chi connectivity index (χ0n) is 8.09. The molecule has 2 heteroatoms. The molecule has 70 valence electrons. The van der Waals surface area contributed by atoms with Crippen LogP contribution in [-0.2, 0) is 9.59 Å². The van der Waals surface area contributed by atoms with E-state index in [4.69, 9.17) is 0 Å². The molecule has 0 N–H and O–H groups in total. The number of allylic oxidation sites excluding steroid dienone is 4. The van der Waals surface area contributed by atoms with Gasteiger partial charge in [0, 0.05) is 11.1 Å². The van der Waals surface area contributed by atoms with E-state index < -0.39 is 0 Å². The Balaban J connectivity index is 2.78. The number of hydrogen-bond acceptors (Lipinski definition) is 2. The molecule has 0 aromatic heterocycles. The van der Waals surface area contributed by atoms with E-state index in [0.717, 1.165) is 12.8 Å². The molecule has 0 unspecified atom stereocenters. The van der Waals surface area contributed by atoms with Gasteiger partial charge >= 0.3 is 0 Å². The zero-order valence-corrected chi connectivity index (χ0v) is 8.09. The Morgan fingerprint density at radius 1 is 1.31 bits per heavy atom. The average Bonchev–Trinajstić information content (AvgIpc) is 2.32. The van der Waals surface area contributed by atoms with Crippen molar-refractivity contribution in [1.29, 1.82) is 0 Å². The molecule has 0 radical (unpaired) electrons. The third-order valence-corrected chi connectivity index (χ3v) is 2.18. The van der Waals surface area contributed by atoms with Crippen molar-refractivity contribution in [2.45, 2.75) is 33.1 Å². The molecule has 0 aliphatic heterocycles. The lowest BCUT2D eigenvalue weighted by atomic mass is 10.1. The number of unbranched alkanes of at least 4 members (excludes halogenated alkanes) is 1.